The lowest BCUT2D eigenvalue weighted by Gasteiger charge is -2.33. The zero-order chi connectivity index (χ0) is 28.7. The van der Waals surface area contributed by atoms with Crippen LogP contribution in [0.25, 0.3) is 0 Å². The highest BCUT2D eigenvalue weighted by Crippen LogP contribution is 2.34. The van der Waals surface area contributed by atoms with E-state index in [1.807, 2.05) is 30.3 Å². The second-order valence-electron chi connectivity index (χ2n) is 9.35. The number of likely N-dealkylation sites (N-methyl/N-ethyl adjacent to an activating group) is 1. The van der Waals surface area contributed by atoms with Gasteiger partial charge in [0.25, 0.3) is 0 Å². The van der Waals surface area contributed by atoms with E-state index in [0.717, 1.165) is 16.1 Å². The van der Waals surface area contributed by atoms with Crippen molar-refractivity contribution in [3.63, 3.8) is 0 Å². The van der Waals surface area contributed by atoms with Crippen molar-refractivity contribution in [2.75, 3.05) is 36.9 Å². The smallest absolute Gasteiger partial charge is 0.244 e. The van der Waals surface area contributed by atoms with Gasteiger partial charge in [0, 0.05) is 30.6 Å². The number of carbonyl (C=O) groups is 2. The molecule has 3 aromatic rings. The van der Waals surface area contributed by atoms with Gasteiger partial charge in [-0.3, -0.25) is 13.9 Å². The summed E-state index contributed by atoms with van der Waals surface area (Å²) >= 11 is 6.22. The third kappa shape index (κ3) is 7.45. The van der Waals surface area contributed by atoms with Gasteiger partial charge in [-0.1, -0.05) is 54.1 Å². The van der Waals surface area contributed by atoms with Crippen molar-refractivity contribution in [2.45, 2.75) is 25.9 Å². The molecule has 3 aromatic carbocycles. The summed E-state index contributed by atoms with van der Waals surface area (Å²) in [7, 11) is -3.90. The number of carbonyl (C=O) groups excluding carboxylic acids is 2. The van der Waals surface area contributed by atoms with Crippen LogP contribution in [-0.2, 0) is 32.6 Å². The first-order chi connectivity index (χ1) is 19.2. The third-order valence-corrected chi connectivity index (χ3v) is 7.73. The predicted octanol–water partition coefficient (Wildman–Crippen LogP) is 3.65. The minimum atomic E-state index is -3.90. The van der Waals surface area contributed by atoms with Gasteiger partial charge in [0.05, 0.1) is 11.9 Å². The molecule has 1 unspecified atom stereocenters. The average molecular weight is 586 g/mol. The molecule has 1 heterocycles. The van der Waals surface area contributed by atoms with Crippen LogP contribution in [0, 0.1) is 0 Å². The Kier molecular flexibility index (Phi) is 9.54. The van der Waals surface area contributed by atoms with Gasteiger partial charge in [-0.25, -0.2) is 8.42 Å². The summed E-state index contributed by atoms with van der Waals surface area (Å²) in [6, 6.07) is 20.2. The highest BCUT2D eigenvalue weighted by Gasteiger charge is 2.33. The second-order valence-corrected chi connectivity index (χ2v) is 11.7. The maximum absolute atomic E-state index is 14.0. The lowest BCUT2D eigenvalue weighted by molar-refractivity contribution is -0.140. The predicted molar refractivity (Wildman–Crippen MR) is 154 cm³/mol. The zero-order valence-corrected chi connectivity index (χ0v) is 24.0. The summed E-state index contributed by atoms with van der Waals surface area (Å²) in [5.74, 6) is 0.000808. The Morgan fingerprint density at radius 3 is 2.33 bits per heavy atom. The van der Waals surface area contributed by atoms with E-state index in [2.05, 4.69) is 5.32 Å². The van der Waals surface area contributed by atoms with Crippen molar-refractivity contribution >= 4 is 39.1 Å². The Labute approximate surface area is 239 Å². The largest absolute Gasteiger partial charge is 0.486 e. The zero-order valence-electron chi connectivity index (χ0n) is 22.4. The summed E-state index contributed by atoms with van der Waals surface area (Å²) in [5, 5.41) is 3.31. The van der Waals surface area contributed by atoms with Crippen molar-refractivity contribution in [3.8, 4) is 11.5 Å². The summed E-state index contributed by atoms with van der Waals surface area (Å²) in [6.07, 6.45) is 1.27. The topological polar surface area (TPSA) is 105 Å². The molecule has 0 saturated carbocycles. The number of nitrogens with one attached hydrogen (secondary N) is 1. The van der Waals surface area contributed by atoms with Crippen LogP contribution in [0.4, 0.5) is 5.69 Å². The van der Waals surface area contributed by atoms with E-state index < -0.39 is 28.5 Å². The molecule has 4 rings (SSSR count). The number of hydrogen-bond donors (Lipinski definition) is 1. The minimum absolute atomic E-state index is 0.0484. The fraction of sp³-hybridized carbons (Fsp3) is 0.310. The summed E-state index contributed by atoms with van der Waals surface area (Å²) in [6.45, 7) is 2.41. The SMILES string of the molecule is CCNC(=O)C(Cc1ccccc1)N(Cc1cccc(Cl)c1)C(=O)CN(c1ccc2c(c1)OCCO2)S(C)(=O)=O. The molecule has 0 aromatic heterocycles. The molecule has 11 heteroatoms. The molecule has 1 aliphatic rings. The highest BCUT2D eigenvalue weighted by molar-refractivity contribution is 7.92. The van der Waals surface area contributed by atoms with E-state index in [1.165, 1.54) is 11.0 Å². The molecule has 0 radical (unpaired) electrons. The molecule has 40 heavy (non-hydrogen) atoms. The fourth-order valence-electron chi connectivity index (χ4n) is 4.48. The van der Waals surface area contributed by atoms with E-state index in [4.69, 9.17) is 21.1 Å². The van der Waals surface area contributed by atoms with Crippen molar-refractivity contribution in [1.29, 1.82) is 0 Å². The van der Waals surface area contributed by atoms with Crippen LogP contribution in [-0.4, -0.2) is 63.7 Å². The molecular formula is C29H32ClN3O6S. The Hall–Kier alpha value is -3.76. The Bertz CT molecular complexity index is 1450. The lowest BCUT2D eigenvalue weighted by atomic mass is 10.0. The van der Waals surface area contributed by atoms with E-state index in [-0.39, 0.29) is 24.6 Å². The van der Waals surface area contributed by atoms with Gasteiger partial charge >= 0.3 is 0 Å². The van der Waals surface area contributed by atoms with Crippen LogP contribution >= 0.6 is 11.6 Å². The number of amides is 2. The monoisotopic (exact) mass is 585 g/mol. The second kappa shape index (κ2) is 13.1. The molecular weight excluding hydrogens is 554 g/mol. The summed E-state index contributed by atoms with van der Waals surface area (Å²) < 4.78 is 38.1. The molecule has 0 aliphatic carbocycles. The Morgan fingerprint density at radius 2 is 1.65 bits per heavy atom. The molecule has 0 spiro atoms. The minimum Gasteiger partial charge on any atom is -0.486 e. The van der Waals surface area contributed by atoms with Crippen molar-refractivity contribution < 1.29 is 27.5 Å². The number of anilines is 1. The maximum Gasteiger partial charge on any atom is 0.244 e. The quantitative estimate of drug-likeness (QED) is 0.368. The van der Waals surface area contributed by atoms with Crippen LogP contribution in [0.15, 0.2) is 72.8 Å². The van der Waals surface area contributed by atoms with Gasteiger partial charge in [-0.05, 0) is 42.3 Å². The van der Waals surface area contributed by atoms with Crippen LogP contribution in [0.2, 0.25) is 5.02 Å². The number of nitrogens with zero attached hydrogens (tertiary/aromatic N) is 2. The van der Waals surface area contributed by atoms with Crippen molar-refractivity contribution in [2.24, 2.45) is 0 Å². The first-order valence-electron chi connectivity index (χ1n) is 12.9. The van der Waals surface area contributed by atoms with Gasteiger partial charge in [-0.2, -0.15) is 0 Å². The van der Waals surface area contributed by atoms with Crippen molar-refractivity contribution in [1.82, 2.24) is 10.2 Å². The first-order valence-corrected chi connectivity index (χ1v) is 15.1. The number of rotatable bonds is 11. The number of benzene rings is 3. The Balaban J connectivity index is 1.72. The van der Waals surface area contributed by atoms with Gasteiger partial charge in [0.2, 0.25) is 21.8 Å². The molecule has 0 saturated heterocycles. The molecule has 0 fully saturated rings. The van der Waals surface area contributed by atoms with E-state index in [1.54, 1.807) is 43.3 Å². The standard InChI is InChI=1S/C29H32ClN3O6S/c1-3-31-29(35)25(17-21-8-5-4-6-9-21)32(19-22-10-7-11-23(30)16-22)28(34)20-33(40(2,36)37)24-12-13-26-27(18-24)39-15-14-38-26/h4-13,16,18,25H,3,14-15,17,19-20H2,1-2H3,(H,31,35). The average Bonchev–Trinajstić information content (AvgIpc) is 2.93. The Morgan fingerprint density at radius 1 is 0.950 bits per heavy atom. The fourth-order valence-corrected chi connectivity index (χ4v) is 5.53. The maximum atomic E-state index is 14.0. The molecule has 2 amide bonds. The molecule has 9 nitrogen and oxygen atoms in total. The van der Waals surface area contributed by atoms with Crippen LogP contribution in [0.3, 0.4) is 0 Å². The molecule has 1 aliphatic heterocycles. The summed E-state index contributed by atoms with van der Waals surface area (Å²) in [5.41, 5.74) is 1.81. The molecule has 1 atom stereocenters. The summed E-state index contributed by atoms with van der Waals surface area (Å²) in [4.78, 5) is 28.8. The highest BCUT2D eigenvalue weighted by atomic mass is 35.5. The molecule has 1 N–H and O–H groups in total. The third-order valence-electron chi connectivity index (χ3n) is 6.36. The first kappa shape index (κ1) is 29.2. The van der Waals surface area contributed by atoms with Gasteiger partial charge in [0.15, 0.2) is 11.5 Å². The number of ether oxygens (including phenoxy) is 2. The van der Waals surface area contributed by atoms with E-state index >= 15 is 0 Å². The normalized spacial score (nSPS) is 13.3. The molecule has 0 bridgehead atoms. The number of fused-ring (bicyclic) bond motifs is 1. The van der Waals surface area contributed by atoms with Crippen LogP contribution in [0.5, 0.6) is 11.5 Å². The molecule has 212 valence electrons. The van der Waals surface area contributed by atoms with Crippen LogP contribution < -0.4 is 19.1 Å². The number of hydrogen-bond acceptors (Lipinski definition) is 6. The van der Waals surface area contributed by atoms with Crippen LogP contribution in [0.1, 0.15) is 18.1 Å². The van der Waals surface area contributed by atoms with Gasteiger partial charge < -0.3 is 19.7 Å². The van der Waals surface area contributed by atoms with Crippen molar-refractivity contribution in [3.05, 3.63) is 88.9 Å². The van der Waals surface area contributed by atoms with E-state index in [0.29, 0.717) is 41.8 Å². The lowest BCUT2D eigenvalue weighted by Crippen LogP contribution is -2.53. The van der Waals surface area contributed by atoms with E-state index in [9.17, 15) is 18.0 Å². The van der Waals surface area contributed by atoms with Gasteiger partial charge in [-0.15, -0.1) is 0 Å². The van der Waals surface area contributed by atoms with Gasteiger partial charge in [0.1, 0.15) is 25.8 Å². The number of sulfonamides is 1. The number of halogens is 1.